The van der Waals surface area contributed by atoms with Gasteiger partial charge in [-0.1, -0.05) is 53.7 Å². The second-order valence-corrected chi connectivity index (χ2v) is 13.0. The van der Waals surface area contributed by atoms with Crippen molar-refractivity contribution in [2.24, 2.45) is 52.3 Å². The van der Waals surface area contributed by atoms with Crippen LogP contribution in [-0.2, 0) is 4.79 Å². The predicted octanol–water partition coefficient (Wildman–Crippen LogP) is 6.17. The lowest BCUT2D eigenvalue weighted by molar-refractivity contribution is -0.213. The van der Waals surface area contributed by atoms with Crippen LogP contribution in [0.25, 0.3) is 0 Å². The fraction of sp³-hybridized carbons (Fsp3) is 0.897. The number of hydrogen-bond donors (Lipinski definition) is 2. The number of ketones is 1. The van der Waals surface area contributed by atoms with E-state index in [-0.39, 0.29) is 17.6 Å². The Labute approximate surface area is 196 Å². The third-order valence-electron chi connectivity index (χ3n) is 11.3. The molecule has 0 aliphatic heterocycles. The highest BCUT2D eigenvalue weighted by atomic mass is 16.3. The van der Waals surface area contributed by atoms with Gasteiger partial charge in [0.2, 0.25) is 0 Å². The minimum Gasteiger partial charge on any atom is -0.393 e. The summed E-state index contributed by atoms with van der Waals surface area (Å²) in [5.74, 6) is 4.03. The fourth-order valence-electron chi connectivity index (χ4n) is 9.21. The van der Waals surface area contributed by atoms with Gasteiger partial charge in [0.1, 0.15) is 5.60 Å². The zero-order valence-electron chi connectivity index (χ0n) is 21.4. The first kappa shape index (κ1) is 24.5. The van der Waals surface area contributed by atoms with Gasteiger partial charge in [-0.3, -0.25) is 4.79 Å². The second kappa shape index (κ2) is 8.52. The van der Waals surface area contributed by atoms with Gasteiger partial charge in [0.05, 0.1) is 6.10 Å². The first-order valence-electron chi connectivity index (χ1n) is 13.6. The van der Waals surface area contributed by atoms with Crippen molar-refractivity contribution < 1.29 is 15.0 Å². The number of carbonyl (C=O) groups excluding carboxylic acids is 1. The van der Waals surface area contributed by atoms with Crippen LogP contribution in [0.15, 0.2) is 12.2 Å². The Morgan fingerprint density at radius 2 is 1.75 bits per heavy atom. The van der Waals surface area contributed by atoms with Crippen molar-refractivity contribution in [1.82, 2.24) is 0 Å². The van der Waals surface area contributed by atoms with Gasteiger partial charge in [0.15, 0.2) is 5.78 Å². The Kier molecular flexibility index (Phi) is 6.51. The number of rotatable bonds is 5. The SMILES string of the molecule is CC[C@H](C=C[C@@H](C)[C@H]1CC[C@H]2[C@@H]3CC(=O)[C@@]4(O)CC(O)CC[C@]4(C)[C@H]3CC[C@]12C)C(C)C. The Morgan fingerprint density at radius 1 is 1.03 bits per heavy atom. The van der Waals surface area contributed by atoms with Crippen LogP contribution in [0.1, 0.15) is 99.3 Å². The Hall–Kier alpha value is -0.670. The molecule has 0 heterocycles. The third kappa shape index (κ3) is 3.56. The molecule has 4 aliphatic rings. The van der Waals surface area contributed by atoms with Crippen LogP contribution in [0, 0.1) is 52.3 Å². The average Bonchev–Trinajstić information content (AvgIpc) is 3.08. The first-order valence-corrected chi connectivity index (χ1v) is 13.6. The van der Waals surface area contributed by atoms with Crippen LogP contribution in [0.5, 0.6) is 0 Å². The maximum Gasteiger partial charge on any atom is 0.165 e. The molecule has 0 aromatic rings. The summed E-state index contributed by atoms with van der Waals surface area (Å²) in [4.78, 5) is 13.4. The van der Waals surface area contributed by atoms with Gasteiger partial charge in [-0.25, -0.2) is 0 Å². The van der Waals surface area contributed by atoms with Crippen molar-refractivity contribution in [3.8, 4) is 0 Å². The van der Waals surface area contributed by atoms with E-state index < -0.39 is 11.7 Å². The highest BCUT2D eigenvalue weighted by molar-refractivity contribution is 5.89. The molecule has 3 nitrogen and oxygen atoms in total. The van der Waals surface area contributed by atoms with E-state index in [1.54, 1.807) is 0 Å². The Morgan fingerprint density at radius 3 is 2.41 bits per heavy atom. The quantitative estimate of drug-likeness (QED) is 0.498. The van der Waals surface area contributed by atoms with E-state index >= 15 is 0 Å². The molecule has 182 valence electrons. The van der Waals surface area contributed by atoms with Crippen LogP contribution in [0.2, 0.25) is 0 Å². The summed E-state index contributed by atoms with van der Waals surface area (Å²) in [6.07, 6.45) is 12.7. The van der Waals surface area contributed by atoms with Gasteiger partial charge >= 0.3 is 0 Å². The number of allylic oxidation sites excluding steroid dienone is 2. The number of aliphatic hydroxyl groups is 2. The van der Waals surface area contributed by atoms with Crippen molar-refractivity contribution >= 4 is 5.78 Å². The van der Waals surface area contributed by atoms with Gasteiger partial charge in [-0.15, -0.1) is 0 Å². The topological polar surface area (TPSA) is 57.5 Å². The molecular weight excluding hydrogens is 396 g/mol. The molecule has 4 saturated carbocycles. The molecule has 4 fully saturated rings. The van der Waals surface area contributed by atoms with Gasteiger partial charge in [0.25, 0.3) is 0 Å². The number of aliphatic hydroxyl groups excluding tert-OH is 1. The highest BCUT2D eigenvalue weighted by Crippen LogP contribution is 2.68. The molecule has 2 N–H and O–H groups in total. The normalized spacial score (nSPS) is 48.4. The molecule has 0 aromatic carbocycles. The van der Waals surface area contributed by atoms with Gasteiger partial charge in [0, 0.05) is 18.3 Å². The molecule has 0 bridgehead atoms. The summed E-state index contributed by atoms with van der Waals surface area (Å²) < 4.78 is 0. The number of carbonyl (C=O) groups is 1. The van der Waals surface area contributed by atoms with E-state index in [1.165, 1.54) is 25.7 Å². The molecule has 0 saturated heterocycles. The summed E-state index contributed by atoms with van der Waals surface area (Å²) in [6.45, 7) is 14.0. The van der Waals surface area contributed by atoms with Crippen molar-refractivity contribution in [2.45, 2.75) is 111 Å². The minimum atomic E-state index is -1.32. The van der Waals surface area contributed by atoms with Crippen molar-refractivity contribution in [1.29, 1.82) is 0 Å². The molecule has 4 aliphatic carbocycles. The summed E-state index contributed by atoms with van der Waals surface area (Å²) in [6, 6.07) is 0. The minimum absolute atomic E-state index is 0.0170. The lowest BCUT2D eigenvalue weighted by Gasteiger charge is -2.63. The molecule has 32 heavy (non-hydrogen) atoms. The van der Waals surface area contributed by atoms with Crippen molar-refractivity contribution in [3.63, 3.8) is 0 Å². The fourth-order valence-corrected chi connectivity index (χ4v) is 9.21. The summed E-state index contributed by atoms with van der Waals surface area (Å²) in [5.41, 5.74) is -1.40. The summed E-state index contributed by atoms with van der Waals surface area (Å²) in [5, 5.41) is 21.8. The smallest absolute Gasteiger partial charge is 0.165 e. The zero-order valence-corrected chi connectivity index (χ0v) is 21.4. The number of Topliss-reactive ketones (excluding diaryl/α,β-unsaturated/α-hetero) is 1. The first-order chi connectivity index (χ1) is 15.0. The third-order valence-corrected chi connectivity index (χ3v) is 11.3. The largest absolute Gasteiger partial charge is 0.393 e. The number of fused-ring (bicyclic) bond motifs is 5. The van der Waals surface area contributed by atoms with E-state index in [1.807, 2.05) is 0 Å². The van der Waals surface area contributed by atoms with Gasteiger partial charge in [-0.2, -0.15) is 0 Å². The van der Waals surface area contributed by atoms with E-state index in [2.05, 4.69) is 53.7 Å². The highest BCUT2D eigenvalue weighted by Gasteiger charge is 2.67. The average molecular weight is 445 g/mol. The standard InChI is InChI=1S/C29H48O3/c1-7-20(18(2)3)9-8-19(4)23-10-11-24-22-16-26(31)29(32)17-21(30)12-15-28(29,6)25(22)13-14-27(23,24)5/h8-9,18-25,30,32H,7,10-17H2,1-6H3/t19-,20-,21?,22+,23-,24+,25+,27-,28-,29+/m1/s1. The van der Waals surface area contributed by atoms with Crippen molar-refractivity contribution in [3.05, 3.63) is 12.2 Å². The molecule has 10 atom stereocenters. The van der Waals surface area contributed by atoms with E-state index in [0.29, 0.717) is 53.3 Å². The van der Waals surface area contributed by atoms with E-state index in [9.17, 15) is 15.0 Å². The van der Waals surface area contributed by atoms with Crippen LogP contribution in [0.4, 0.5) is 0 Å². The molecule has 0 amide bonds. The van der Waals surface area contributed by atoms with E-state index in [0.717, 1.165) is 19.3 Å². The molecule has 0 radical (unpaired) electrons. The Bertz CT molecular complexity index is 743. The lowest BCUT2D eigenvalue weighted by Crippen LogP contribution is -2.67. The molecule has 0 aromatic heterocycles. The van der Waals surface area contributed by atoms with Crippen LogP contribution in [0.3, 0.4) is 0 Å². The molecular formula is C29H48O3. The molecule has 1 unspecified atom stereocenters. The summed E-state index contributed by atoms with van der Waals surface area (Å²) >= 11 is 0. The van der Waals surface area contributed by atoms with Gasteiger partial charge < -0.3 is 10.2 Å². The van der Waals surface area contributed by atoms with Crippen molar-refractivity contribution in [2.75, 3.05) is 0 Å². The van der Waals surface area contributed by atoms with E-state index in [4.69, 9.17) is 0 Å². The molecule has 4 rings (SSSR count). The maximum absolute atomic E-state index is 13.4. The molecule has 3 heteroatoms. The summed E-state index contributed by atoms with van der Waals surface area (Å²) in [7, 11) is 0. The Balaban J connectivity index is 1.56. The van der Waals surface area contributed by atoms with Gasteiger partial charge in [-0.05, 0) is 91.8 Å². The lowest BCUT2D eigenvalue weighted by atomic mass is 9.42. The van der Waals surface area contributed by atoms with Crippen LogP contribution >= 0.6 is 0 Å². The monoisotopic (exact) mass is 444 g/mol. The number of hydrogen-bond acceptors (Lipinski definition) is 3. The zero-order chi connectivity index (χ0) is 23.5. The molecule has 0 spiro atoms. The van der Waals surface area contributed by atoms with Crippen LogP contribution in [-0.4, -0.2) is 27.7 Å². The predicted molar refractivity (Wildman–Crippen MR) is 130 cm³/mol. The maximum atomic E-state index is 13.4. The second-order valence-electron chi connectivity index (χ2n) is 13.0. The van der Waals surface area contributed by atoms with Crippen LogP contribution < -0.4 is 0 Å².